The lowest BCUT2D eigenvalue weighted by Gasteiger charge is -1.93. The summed E-state index contributed by atoms with van der Waals surface area (Å²) in [6.45, 7) is 4.41. The molecule has 16 heavy (non-hydrogen) atoms. The summed E-state index contributed by atoms with van der Waals surface area (Å²) in [5, 5.41) is 0. The van der Waals surface area contributed by atoms with Crippen molar-refractivity contribution in [2.75, 3.05) is 0 Å². The Morgan fingerprint density at radius 2 is 1.75 bits per heavy atom. The van der Waals surface area contributed by atoms with Crippen LogP contribution < -0.4 is 0 Å². The summed E-state index contributed by atoms with van der Waals surface area (Å²) in [6.07, 6.45) is 18.6. The molecule has 1 nitrogen and oxygen atoms in total. The van der Waals surface area contributed by atoms with Crippen LogP contribution in [0.15, 0.2) is 24.3 Å². The van der Waals surface area contributed by atoms with Gasteiger partial charge in [0.1, 0.15) is 0 Å². The topological polar surface area (TPSA) is 12.5 Å². The van der Waals surface area contributed by atoms with Gasteiger partial charge in [0.2, 0.25) is 0 Å². The first-order valence-corrected chi connectivity index (χ1v) is 6.84. The lowest BCUT2D eigenvalue weighted by molar-refractivity contribution is 0.359. The number of hydrogen-bond donors (Lipinski definition) is 0. The van der Waals surface area contributed by atoms with E-state index in [9.17, 15) is 0 Å². The SMILES string of the molecule is CC/C=C/C/C=C\CC1OC1CCCCC. The Bertz CT molecular complexity index is 217. The lowest BCUT2D eigenvalue weighted by atomic mass is 10.1. The van der Waals surface area contributed by atoms with Crippen molar-refractivity contribution in [3.63, 3.8) is 0 Å². The summed E-state index contributed by atoms with van der Waals surface area (Å²) in [5.41, 5.74) is 0. The first kappa shape index (κ1) is 13.5. The molecule has 1 heterocycles. The van der Waals surface area contributed by atoms with Gasteiger partial charge in [-0.2, -0.15) is 0 Å². The fraction of sp³-hybridized carbons (Fsp3) is 0.733. The number of hydrogen-bond acceptors (Lipinski definition) is 1. The van der Waals surface area contributed by atoms with Crippen LogP contribution in [0.1, 0.15) is 58.8 Å². The van der Waals surface area contributed by atoms with Gasteiger partial charge in [0, 0.05) is 0 Å². The third kappa shape index (κ3) is 6.12. The van der Waals surface area contributed by atoms with Gasteiger partial charge >= 0.3 is 0 Å². The molecule has 92 valence electrons. The molecule has 0 amide bonds. The molecule has 1 saturated heterocycles. The molecule has 2 unspecified atom stereocenters. The zero-order chi connectivity index (χ0) is 11.6. The highest BCUT2D eigenvalue weighted by atomic mass is 16.6. The van der Waals surface area contributed by atoms with Gasteiger partial charge in [0.25, 0.3) is 0 Å². The Morgan fingerprint density at radius 1 is 0.938 bits per heavy atom. The summed E-state index contributed by atoms with van der Waals surface area (Å²) >= 11 is 0. The molecule has 0 aromatic heterocycles. The van der Waals surface area contributed by atoms with Crippen LogP contribution in [0.25, 0.3) is 0 Å². The minimum atomic E-state index is 0.531. The van der Waals surface area contributed by atoms with Gasteiger partial charge in [0.05, 0.1) is 12.2 Å². The predicted octanol–water partition coefficient (Wildman–Crippen LogP) is 4.64. The van der Waals surface area contributed by atoms with Crippen molar-refractivity contribution in [1.82, 2.24) is 0 Å². The van der Waals surface area contributed by atoms with Crippen molar-refractivity contribution in [2.24, 2.45) is 0 Å². The summed E-state index contributed by atoms with van der Waals surface area (Å²) in [6, 6.07) is 0. The molecule has 1 fully saturated rings. The van der Waals surface area contributed by atoms with Crippen LogP contribution in [-0.4, -0.2) is 12.2 Å². The second-order valence-corrected chi connectivity index (χ2v) is 4.53. The van der Waals surface area contributed by atoms with Crippen LogP contribution in [0, 0.1) is 0 Å². The molecule has 1 rings (SSSR count). The standard InChI is InChI=1S/C15H26O/c1-3-5-7-8-9-11-13-15-14(16-15)12-10-6-4-2/h5,7,9,11,14-15H,3-4,6,8,10,12-13H2,1-2H3/b7-5+,11-9-. The highest BCUT2D eigenvalue weighted by Crippen LogP contribution is 2.30. The van der Waals surface area contributed by atoms with Gasteiger partial charge in [-0.05, 0) is 25.7 Å². The molecule has 1 heteroatoms. The van der Waals surface area contributed by atoms with Crippen molar-refractivity contribution in [3.05, 3.63) is 24.3 Å². The van der Waals surface area contributed by atoms with Crippen molar-refractivity contribution >= 4 is 0 Å². The largest absolute Gasteiger partial charge is 0.369 e. The molecule has 2 atom stereocenters. The van der Waals surface area contributed by atoms with Gasteiger partial charge in [-0.3, -0.25) is 0 Å². The van der Waals surface area contributed by atoms with Gasteiger partial charge in [0.15, 0.2) is 0 Å². The van der Waals surface area contributed by atoms with Crippen molar-refractivity contribution in [2.45, 2.75) is 71.0 Å². The molecule has 0 aromatic rings. The van der Waals surface area contributed by atoms with Crippen molar-refractivity contribution in [3.8, 4) is 0 Å². The van der Waals surface area contributed by atoms with Crippen LogP contribution in [-0.2, 0) is 4.74 Å². The monoisotopic (exact) mass is 222 g/mol. The maximum atomic E-state index is 5.62. The Morgan fingerprint density at radius 3 is 2.50 bits per heavy atom. The molecule has 0 aliphatic carbocycles. The van der Waals surface area contributed by atoms with Gasteiger partial charge in [-0.25, -0.2) is 0 Å². The molecule has 1 aliphatic rings. The van der Waals surface area contributed by atoms with E-state index in [4.69, 9.17) is 4.74 Å². The quantitative estimate of drug-likeness (QED) is 0.314. The van der Waals surface area contributed by atoms with Crippen LogP contribution in [0.2, 0.25) is 0 Å². The minimum absolute atomic E-state index is 0.531. The normalized spacial score (nSPS) is 24.6. The predicted molar refractivity (Wildman–Crippen MR) is 70.6 cm³/mol. The molecule has 1 aliphatic heterocycles. The van der Waals surface area contributed by atoms with E-state index < -0.39 is 0 Å². The third-order valence-electron chi connectivity index (χ3n) is 2.99. The zero-order valence-corrected chi connectivity index (χ0v) is 10.8. The summed E-state index contributed by atoms with van der Waals surface area (Å²) in [7, 11) is 0. The number of rotatable bonds is 9. The number of epoxide rings is 1. The number of allylic oxidation sites excluding steroid dienone is 3. The number of ether oxygens (including phenoxy) is 1. The van der Waals surface area contributed by atoms with Crippen LogP contribution >= 0.6 is 0 Å². The Hall–Kier alpha value is -0.560. The molecule has 0 N–H and O–H groups in total. The van der Waals surface area contributed by atoms with Crippen molar-refractivity contribution in [1.29, 1.82) is 0 Å². The molecule has 0 saturated carbocycles. The molecule has 0 bridgehead atoms. The summed E-state index contributed by atoms with van der Waals surface area (Å²) in [5.74, 6) is 0. The Kier molecular flexibility index (Phi) is 7.24. The van der Waals surface area contributed by atoms with E-state index in [2.05, 4.69) is 38.2 Å². The molecule has 0 aromatic carbocycles. The van der Waals surface area contributed by atoms with E-state index in [0.717, 1.165) is 19.3 Å². The Labute approximate surface area is 101 Å². The van der Waals surface area contributed by atoms with E-state index in [0.29, 0.717) is 12.2 Å². The second-order valence-electron chi connectivity index (χ2n) is 4.53. The van der Waals surface area contributed by atoms with Crippen LogP contribution in [0.3, 0.4) is 0 Å². The van der Waals surface area contributed by atoms with E-state index in [1.165, 1.54) is 25.7 Å². The average molecular weight is 222 g/mol. The van der Waals surface area contributed by atoms with E-state index in [-0.39, 0.29) is 0 Å². The zero-order valence-electron chi connectivity index (χ0n) is 10.8. The third-order valence-corrected chi connectivity index (χ3v) is 2.99. The fourth-order valence-corrected chi connectivity index (χ4v) is 1.90. The molecular weight excluding hydrogens is 196 g/mol. The molecule has 0 spiro atoms. The lowest BCUT2D eigenvalue weighted by Crippen LogP contribution is -1.92. The van der Waals surface area contributed by atoms with E-state index in [1.807, 2.05) is 0 Å². The average Bonchev–Trinajstić information content (AvgIpc) is 3.03. The smallest absolute Gasteiger partial charge is 0.0876 e. The molecule has 0 radical (unpaired) electrons. The van der Waals surface area contributed by atoms with Crippen LogP contribution in [0.5, 0.6) is 0 Å². The number of unbranched alkanes of at least 4 members (excludes halogenated alkanes) is 2. The van der Waals surface area contributed by atoms with E-state index in [1.54, 1.807) is 0 Å². The highest BCUT2D eigenvalue weighted by Gasteiger charge is 2.36. The maximum absolute atomic E-state index is 5.62. The van der Waals surface area contributed by atoms with Gasteiger partial charge in [-0.15, -0.1) is 0 Å². The molecular formula is C15H26O. The van der Waals surface area contributed by atoms with Crippen molar-refractivity contribution < 1.29 is 4.74 Å². The summed E-state index contributed by atoms with van der Waals surface area (Å²) < 4.78 is 5.62. The fourth-order valence-electron chi connectivity index (χ4n) is 1.90. The van der Waals surface area contributed by atoms with Gasteiger partial charge in [-0.1, -0.05) is 57.4 Å². The van der Waals surface area contributed by atoms with Gasteiger partial charge < -0.3 is 4.74 Å². The first-order valence-electron chi connectivity index (χ1n) is 6.84. The van der Waals surface area contributed by atoms with E-state index >= 15 is 0 Å². The van der Waals surface area contributed by atoms with Crippen LogP contribution in [0.4, 0.5) is 0 Å². The minimum Gasteiger partial charge on any atom is -0.369 e. The Balaban J connectivity index is 1.93. The summed E-state index contributed by atoms with van der Waals surface area (Å²) in [4.78, 5) is 0. The maximum Gasteiger partial charge on any atom is 0.0876 e. The highest BCUT2D eigenvalue weighted by molar-refractivity contribution is 4.97. The second kappa shape index (κ2) is 8.58. The first-order chi connectivity index (χ1) is 7.88.